The molecule has 35 heavy (non-hydrogen) atoms. The number of rotatable bonds is 8. The van der Waals surface area contributed by atoms with Crippen molar-refractivity contribution < 1.29 is 4.74 Å². The molecule has 0 aliphatic carbocycles. The van der Waals surface area contributed by atoms with Crippen LogP contribution in [0.15, 0.2) is 103 Å². The summed E-state index contributed by atoms with van der Waals surface area (Å²) in [6.07, 6.45) is 9.34. The highest BCUT2D eigenvalue weighted by atomic mass is 16.5. The third kappa shape index (κ3) is 5.91. The van der Waals surface area contributed by atoms with E-state index in [0.29, 0.717) is 0 Å². The number of ether oxygens (including phenoxy) is 1. The van der Waals surface area contributed by atoms with E-state index in [1.165, 1.54) is 22.3 Å². The maximum Gasteiger partial charge on any atom is 0.143 e. The summed E-state index contributed by atoms with van der Waals surface area (Å²) >= 11 is 0. The smallest absolute Gasteiger partial charge is 0.143 e. The van der Waals surface area contributed by atoms with Gasteiger partial charge in [-0.1, -0.05) is 103 Å². The number of benzene rings is 4. The van der Waals surface area contributed by atoms with Crippen LogP contribution < -0.4 is 9.64 Å². The number of para-hydroxylation sites is 1. The van der Waals surface area contributed by atoms with Crippen molar-refractivity contribution in [1.29, 1.82) is 0 Å². The van der Waals surface area contributed by atoms with Gasteiger partial charge >= 0.3 is 0 Å². The zero-order valence-corrected chi connectivity index (χ0v) is 21.0. The Kier molecular flexibility index (Phi) is 7.84. The van der Waals surface area contributed by atoms with E-state index in [1.807, 2.05) is 6.07 Å². The van der Waals surface area contributed by atoms with Gasteiger partial charge in [0.25, 0.3) is 0 Å². The topological polar surface area (TPSA) is 12.5 Å². The van der Waals surface area contributed by atoms with Crippen LogP contribution in [-0.4, -0.2) is 7.11 Å². The third-order valence-corrected chi connectivity index (χ3v) is 6.12. The minimum absolute atomic E-state index is 0.871. The summed E-state index contributed by atoms with van der Waals surface area (Å²) in [7, 11) is 1.74. The van der Waals surface area contributed by atoms with E-state index in [9.17, 15) is 0 Å². The number of methoxy groups -OCH3 is 1. The first-order valence-corrected chi connectivity index (χ1v) is 12.1. The van der Waals surface area contributed by atoms with E-state index in [1.54, 1.807) is 7.11 Å². The highest BCUT2D eigenvalue weighted by Gasteiger charge is 2.19. The molecular weight excluding hydrogens is 426 g/mol. The molecule has 0 aliphatic rings. The van der Waals surface area contributed by atoms with Gasteiger partial charge in [-0.05, 0) is 67.3 Å². The van der Waals surface area contributed by atoms with E-state index in [0.717, 1.165) is 34.8 Å². The second kappa shape index (κ2) is 11.4. The minimum Gasteiger partial charge on any atom is -0.495 e. The van der Waals surface area contributed by atoms with Crippen LogP contribution in [-0.2, 0) is 6.42 Å². The largest absolute Gasteiger partial charge is 0.495 e. The quantitative estimate of drug-likeness (QED) is 0.244. The van der Waals surface area contributed by atoms with Gasteiger partial charge in [-0.3, -0.25) is 0 Å². The van der Waals surface area contributed by atoms with E-state index in [2.05, 4.69) is 135 Å². The third-order valence-electron chi connectivity index (χ3n) is 6.12. The van der Waals surface area contributed by atoms with Crippen molar-refractivity contribution in [3.63, 3.8) is 0 Å². The summed E-state index contributed by atoms with van der Waals surface area (Å²) in [5, 5.41) is 0. The Hall–Kier alpha value is -4.04. The molecular formula is C33H33NO. The van der Waals surface area contributed by atoms with Crippen LogP contribution in [0.4, 0.5) is 17.1 Å². The van der Waals surface area contributed by atoms with Crippen LogP contribution >= 0.6 is 0 Å². The molecule has 0 aliphatic heterocycles. The van der Waals surface area contributed by atoms with Gasteiger partial charge < -0.3 is 9.64 Å². The van der Waals surface area contributed by atoms with E-state index in [-0.39, 0.29) is 0 Å². The van der Waals surface area contributed by atoms with Crippen LogP contribution in [0.5, 0.6) is 5.75 Å². The molecule has 176 valence electrons. The number of hydrogen-bond donors (Lipinski definition) is 0. The van der Waals surface area contributed by atoms with Gasteiger partial charge in [0.15, 0.2) is 0 Å². The fourth-order valence-corrected chi connectivity index (χ4v) is 4.12. The second-order valence-corrected chi connectivity index (χ2v) is 8.71. The Labute approximate surface area is 209 Å². The minimum atomic E-state index is 0.871. The molecule has 2 nitrogen and oxygen atoms in total. The van der Waals surface area contributed by atoms with E-state index < -0.39 is 0 Å². The van der Waals surface area contributed by atoms with Crippen LogP contribution in [0.3, 0.4) is 0 Å². The predicted molar refractivity (Wildman–Crippen MR) is 151 cm³/mol. The first-order valence-electron chi connectivity index (χ1n) is 12.1. The van der Waals surface area contributed by atoms with Crippen LogP contribution in [0.2, 0.25) is 0 Å². The van der Waals surface area contributed by atoms with Crippen molar-refractivity contribution in [2.75, 3.05) is 12.0 Å². The molecule has 0 N–H and O–H groups in total. The molecule has 0 saturated carbocycles. The van der Waals surface area contributed by atoms with Crippen molar-refractivity contribution in [1.82, 2.24) is 0 Å². The van der Waals surface area contributed by atoms with Crippen LogP contribution in [0.1, 0.15) is 34.7 Å². The van der Waals surface area contributed by atoms with Crippen molar-refractivity contribution >= 4 is 29.2 Å². The summed E-state index contributed by atoms with van der Waals surface area (Å²) in [5.74, 6) is 0.871. The van der Waals surface area contributed by atoms with Crippen LogP contribution in [0, 0.1) is 13.8 Å². The molecule has 4 rings (SSSR count). The number of nitrogens with zero attached hydrogens (tertiary/aromatic N) is 1. The van der Waals surface area contributed by atoms with Crippen molar-refractivity contribution in [3.05, 3.63) is 131 Å². The average Bonchev–Trinajstić information content (AvgIpc) is 2.89. The lowest BCUT2D eigenvalue weighted by Crippen LogP contribution is -2.13. The van der Waals surface area contributed by atoms with Gasteiger partial charge in [-0.15, -0.1) is 0 Å². The second-order valence-electron chi connectivity index (χ2n) is 8.71. The number of allylic oxidation sites excluding steroid dienone is 2. The van der Waals surface area contributed by atoms with Gasteiger partial charge in [0.05, 0.1) is 12.8 Å². The first kappa shape index (κ1) is 24.1. The lowest BCUT2D eigenvalue weighted by molar-refractivity contribution is 0.415. The molecule has 0 saturated heterocycles. The Balaban J connectivity index is 1.65. The zero-order chi connectivity index (χ0) is 24.6. The molecule has 0 bridgehead atoms. The molecule has 0 amide bonds. The van der Waals surface area contributed by atoms with Gasteiger partial charge in [0.1, 0.15) is 5.75 Å². The standard InChI is InChI=1S/C33H33NO/c1-5-29-11-8-12-32(35-4)33(29)34(30-21-15-26(3)16-22-30)31-23-19-28(20-24-31)10-7-6-9-27-17-13-25(2)14-18-27/h6-24H,5H2,1-4H3/b9-6+,10-7+. The van der Waals surface area contributed by atoms with Crippen molar-refractivity contribution in [2.45, 2.75) is 27.2 Å². The Morgan fingerprint density at radius 2 is 1.14 bits per heavy atom. The number of anilines is 3. The maximum atomic E-state index is 5.81. The molecule has 0 atom stereocenters. The molecule has 0 aromatic heterocycles. The predicted octanol–water partition coefficient (Wildman–Crippen LogP) is 9.07. The molecule has 4 aromatic rings. The van der Waals surface area contributed by atoms with Gasteiger partial charge in [0.2, 0.25) is 0 Å². The maximum absolute atomic E-state index is 5.81. The first-order chi connectivity index (χ1) is 17.1. The summed E-state index contributed by atoms with van der Waals surface area (Å²) in [5.41, 5.74) is 9.41. The monoisotopic (exact) mass is 459 g/mol. The number of aryl methyl sites for hydroxylation is 3. The molecule has 0 fully saturated rings. The van der Waals surface area contributed by atoms with Gasteiger partial charge in [0, 0.05) is 11.4 Å². The summed E-state index contributed by atoms with van der Waals surface area (Å²) in [6, 6.07) is 32.1. The highest BCUT2D eigenvalue weighted by Crippen LogP contribution is 2.42. The Morgan fingerprint density at radius 3 is 1.66 bits per heavy atom. The molecule has 0 spiro atoms. The molecule has 0 heterocycles. The highest BCUT2D eigenvalue weighted by molar-refractivity contribution is 5.82. The van der Waals surface area contributed by atoms with Crippen LogP contribution in [0.25, 0.3) is 12.2 Å². The average molecular weight is 460 g/mol. The number of hydrogen-bond acceptors (Lipinski definition) is 2. The fraction of sp³-hybridized carbons (Fsp3) is 0.152. The molecule has 4 aromatic carbocycles. The fourth-order valence-electron chi connectivity index (χ4n) is 4.12. The van der Waals surface area contributed by atoms with Crippen molar-refractivity contribution in [2.24, 2.45) is 0 Å². The van der Waals surface area contributed by atoms with Gasteiger partial charge in [-0.25, -0.2) is 0 Å². The summed E-state index contributed by atoms with van der Waals surface area (Å²) in [4.78, 5) is 2.29. The SMILES string of the molecule is CCc1cccc(OC)c1N(c1ccc(C)cc1)c1ccc(/C=C/C=C/c2ccc(C)cc2)cc1. The lowest BCUT2D eigenvalue weighted by atomic mass is 10.1. The molecule has 0 radical (unpaired) electrons. The summed E-state index contributed by atoms with van der Waals surface area (Å²) in [6.45, 7) is 6.40. The Morgan fingerprint density at radius 1 is 0.657 bits per heavy atom. The lowest BCUT2D eigenvalue weighted by Gasteiger charge is -2.29. The van der Waals surface area contributed by atoms with Crippen molar-refractivity contribution in [3.8, 4) is 5.75 Å². The zero-order valence-electron chi connectivity index (χ0n) is 21.0. The molecule has 0 unspecified atom stereocenters. The van der Waals surface area contributed by atoms with E-state index >= 15 is 0 Å². The normalized spacial score (nSPS) is 11.3. The Bertz CT molecular complexity index is 1270. The molecule has 2 heteroatoms. The van der Waals surface area contributed by atoms with Gasteiger partial charge in [-0.2, -0.15) is 0 Å². The van der Waals surface area contributed by atoms with E-state index in [4.69, 9.17) is 4.74 Å². The summed E-state index contributed by atoms with van der Waals surface area (Å²) < 4.78 is 5.81.